The molecule has 3 atom stereocenters. The van der Waals surface area contributed by atoms with Gasteiger partial charge in [-0.25, -0.2) is 4.39 Å². The van der Waals surface area contributed by atoms with Gasteiger partial charge in [0.25, 0.3) is 0 Å². The highest BCUT2D eigenvalue weighted by Gasteiger charge is 2.37. The van der Waals surface area contributed by atoms with Crippen LogP contribution in [0.15, 0.2) is 24.3 Å². The summed E-state index contributed by atoms with van der Waals surface area (Å²) in [4.78, 5) is 14.2. The highest BCUT2D eigenvalue weighted by atomic mass is 19.1. The van der Waals surface area contributed by atoms with Crippen LogP contribution in [0.25, 0.3) is 0 Å². The number of carbonyl (C=O) groups is 1. The largest absolute Gasteiger partial charge is 0.342 e. The Morgan fingerprint density at radius 1 is 1.36 bits per heavy atom. The quantitative estimate of drug-likeness (QED) is 0.927. The maximum Gasteiger partial charge on any atom is 0.225 e. The van der Waals surface area contributed by atoms with Gasteiger partial charge in [0.2, 0.25) is 5.91 Å². The van der Waals surface area contributed by atoms with E-state index in [1.807, 2.05) is 11.0 Å². The Labute approximate surface area is 131 Å². The Bertz CT molecular complexity index is 544. The van der Waals surface area contributed by atoms with Crippen LogP contribution in [0.3, 0.4) is 0 Å². The van der Waals surface area contributed by atoms with Crippen molar-refractivity contribution in [1.82, 2.24) is 10.2 Å². The molecule has 0 radical (unpaired) electrons. The minimum Gasteiger partial charge on any atom is -0.342 e. The van der Waals surface area contributed by atoms with E-state index < -0.39 is 0 Å². The topological polar surface area (TPSA) is 32.3 Å². The van der Waals surface area contributed by atoms with E-state index in [-0.39, 0.29) is 11.9 Å². The molecule has 1 aliphatic carbocycles. The predicted molar refractivity (Wildman–Crippen MR) is 84.8 cm³/mol. The molecule has 1 amide bonds. The van der Waals surface area contributed by atoms with Gasteiger partial charge in [0.05, 0.1) is 0 Å². The molecule has 1 saturated carbocycles. The van der Waals surface area contributed by atoms with Crippen molar-refractivity contribution >= 4 is 5.91 Å². The fourth-order valence-corrected chi connectivity index (χ4v) is 3.38. The molecule has 3 rings (SSSR count). The van der Waals surface area contributed by atoms with E-state index in [1.165, 1.54) is 6.07 Å². The van der Waals surface area contributed by atoms with Crippen molar-refractivity contribution < 1.29 is 9.18 Å². The molecule has 0 spiro atoms. The summed E-state index contributed by atoms with van der Waals surface area (Å²) < 4.78 is 13.3. The summed E-state index contributed by atoms with van der Waals surface area (Å²) in [5.41, 5.74) is 0.976. The van der Waals surface area contributed by atoms with E-state index in [1.54, 1.807) is 12.1 Å². The van der Waals surface area contributed by atoms with E-state index in [9.17, 15) is 9.18 Å². The number of benzene rings is 1. The number of piperidine rings is 1. The molecule has 0 aromatic heterocycles. The van der Waals surface area contributed by atoms with E-state index >= 15 is 0 Å². The first-order valence-electron chi connectivity index (χ1n) is 8.35. The van der Waals surface area contributed by atoms with Crippen LogP contribution in [0.1, 0.15) is 44.7 Å². The monoisotopic (exact) mass is 304 g/mol. The van der Waals surface area contributed by atoms with Gasteiger partial charge in [0.15, 0.2) is 0 Å². The van der Waals surface area contributed by atoms with Gasteiger partial charge in [-0.1, -0.05) is 19.1 Å². The number of nitrogens with one attached hydrogen (secondary N) is 1. The highest BCUT2D eigenvalue weighted by molar-refractivity contribution is 5.81. The van der Waals surface area contributed by atoms with Crippen molar-refractivity contribution in [2.75, 3.05) is 13.1 Å². The van der Waals surface area contributed by atoms with Gasteiger partial charge in [0, 0.05) is 31.1 Å². The van der Waals surface area contributed by atoms with Crippen LogP contribution in [-0.4, -0.2) is 29.9 Å². The Hall–Kier alpha value is -1.42. The standard InChI is InChI=1S/C18H25FN2O/c1-12-11-21(18(22)14-6-7-14)9-8-17(12)20-13(2)15-4-3-5-16(19)10-15/h3-5,10,12-14,17,20H,6-9,11H2,1-2H3/t12-,13-,17-/m0/s1. The van der Waals surface area contributed by atoms with E-state index in [2.05, 4.69) is 19.2 Å². The van der Waals surface area contributed by atoms with Crippen molar-refractivity contribution in [3.8, 4) is 0 Å². The Morgan fingerprint density at radius 2 is 2.14 bits per heavy atom. The van der Waals surface area contributed by atoms with Crippen LogP contribution in [0.4, 0.5) is 4.39 Å². The molecule has 2 aliphatic rings. The Morgan fingerprint density at radius 3 is 2.77 bits per heavy atom. The maximum atomic E-state index is 13.3. The number of nitrogens with zero attached hydrogens (tertiary/aromatic N) is 1. The first-order chi connectivity index (χ1) is 10.5. The smallest absolute Gasteiger partial charge is 0.225 e. The average molecular weight is 304 g/mol. The molecule has 3 nitrogen and oxygen atoms in total. The van der Waals surface area contributed by atoms with Gasteiger partial charge < -0.3 is 10.2 Å². The van der Waals surface area contributed by atoms with E-state index in [4.69, 9.17) is 0 Å². The normalized spacial score (nSPS) is 26.8. The lowest BCUT2D eigenvalue weighted by atomic mass is 9.92. The second-order valence-corrected chi connectivity index (χ2v) is 6.87. The minimum atomic E-state index is -0.191. The summed E-state index contributed by atoms with van der Waals surface area (Å²) in [5.74, 6) is 0.892. The van der Waals surface area contributed by atoms with E-state index in [0.29, 0.717) is 23.8 Å². The van der Waals surface area contributed by atoms with Crippen molar-refractivity contribution in [3.05, 3.63) is 35.6 Å². The van der Waals surface area contributed by atoms with Crippen molar-refractivity contribution in [3.63, 3.8) is 0 Å². The number of carbonyl (C=O) groups excluding carboxylic acids is 1. The fraction of sp³-hybridized carbons (Fsp3) is 0.611. The molecule has 1 aromatic rings. The molecule has 1 aromatic carbocycles. The summed E-state index contributed by atoms with van der Waals surface area (Å²) in [7, 11) is 0. The molecule has 0 unspecified atom stereocenters. The molecule has 22 heavy (non-hydrogen) atoms. The summed E-state index contributed by atoms with van der Waals surface area (Å²) in [6, 6.07) is 7.27. The number of halogens is 1. The van der Waals surface area contributed by atoms with Crippen molar-refractivity contribution in [1.29, 1.82) is 0 Å². The third-order valence-corrected chi connectivity index (χ3v) is 4.96. The van der Waals surface area contributed by atoms with Gasteiger partial charge >= 0.3 is 0 Å². The number of hydrogen-bond acceptors (Lipinski definition) is 2. The molecule has 1 aliphatic heterocycles. The van der Waals surface area contributed by atoms with Gasteiger partial charge in [0.1, 0.15) is 5.82 Å². The minimum absolute atomic E-state index is 0.119. The van der Waals surface area contributed by atoms with Gasteiger partial charge in [-0.3, -0.25) is 4.79 Å². The van der Waals surface area contributed by atoms with Crippen LogP contribution in [0, 0.1) is 17.7 Å². The van der Waals surface area contributed by atoms with Crippen LogP contribution >= 0.6 is 0 Å². The second-order valence-electron chi connectivity index (χ2n) is 6.87. The van der Waals surface area contributed by atoms with Crippen LogP contribution in [-0.2, 0) is 4.79 Å². The van der Waals surface area contributed by atoms with Crippen molar-refractivity contribution in [2.24, 2.45) is 11.8 Å². The molecule has 4 heteroatoms. The average Bonchev–Trinajstić information content (AvgIpc) is 3.33. The summed E-state index contributed by atoms with van der Waals surface area (Å²) in [6.45, 7) is 5.95. The van der Waals surface area contributed by atoms with Crippen LogP contribution < -0.4 is 5.32 Å². The van der Waals surface area contributed by atoms with E-state index in [0.717, 1.165) is 37.9 Å². The lowest BCUT2D eigenvalue weighted by Gasteiger charge is -2.39. The van der Waals surface area contributed by atoms with Crippen LogP contribution in [0.5, 0.6) is 0 Å². The summed E-state index contributed by atoms with van der Waals surface area (Å²) >= 11 is 0. The molecule has 120 valence electrons. The lowest BCUT2D eigenvalue weighted by molar-refractivity contribution is -0.134. The molecular weight excluding hydrogens is 279 g/mol. The zero-order valence-corrected chi connectivity index (χ0v) is 13.4. The number of likely N-dealkylation sites (tertiary alicyclic amines) is 1. The highest BCUT2D eigenvalue weighted by Crippen LogP contribution is 2.32. The van der Waals surface area contributed by atoms with Crippen LogP contribution in [0.2, 0.25) is 0 Å². The van der Waals surface area contributed by atoms with Gasteiger partial charge in [-0.2, -0.15) is 0 Å². The molecule has 1 saturated heterocycles. The SMILES string of the molecule is C[C@H](N[C@H]1CCN(C(=O)C2CC2)C[C@@H]1C)c1cccc(F)c1. The fourth-order valence-electron chi connectivity index (χ4n) is 3.38. The number of hydrogen-bond donors (Lipinski definition) is 1. The third kappa shape index (κ3) is 3.49. The summed E-state index contributed by atoms with van der Waals surface area (Å²) in [5, 5.41) is 3.61. The molecule has 1 heterocycles. The van der Waals surface area contributed by atoms with Crippen molar-refractivity contribution in [2.45, 2.75) is 45.2 Å². The predicted octanol–water partition coefficient (Wildman–Crippen LogP) is 3.12. The second kappa shape index (κ2) is 6.37. The Balaban J connectivity index is 1.56. The molecule has 1 N–H and O–H groups in total. The molecule has 2 fully saturated rings. The molecular formula is C18H25FN2O. The van der Waals surface area contributed by atoms with Gasteiger partial charge in [-0.05, 0) is 49.8 Å². The number of amides is 1. The number of rotatable bonds is 4. The zero-order chi connectivity index (χ0) is 15.7. The molecule has 0 bridgehead atoms. The van der Waals surface area contributed by atoms with Gasteiger partial charge in [-0.15, -0.1) is 0 Å². The first-order valence-corrected chi connectivity index (χ1v) is 8.35. The first kappa shape index (κ1) is 15.5. The lowest BCUT2D eigenvalue weighted by Crippen LogP contribution is -2.50. The Kier molecular flexibility index (Phi) is 4.48. The zero-order valence-electron chi connectivity index (χ0n) is 13.4. The third-order valence-electron chi connectivity index (χ3n) is 4.96. The summed E-state index contributed by atoms with van der Waals surface area (Å²) in [6.07, 6.45) is 3.11. The maximum absolute atomic E-state index is 13.3.